The third-order valence-corrected chi connectivity index (χ3v) is 2.26. The van der Waals surface area contributed by atoms with Crippen LogP contribution < -0.4 is 10.3 Å². The number of fused-ring (bicyclic) bond motifs is 3. The van der Waals surface area contributed by atoms with Gasteiger partial charge in [0.2, 0.25) is 0 Å². The third kappa shape index (κ3) is 1.41. The Morgan fingerprint density at radius 3 is 3.07 bits per heavy atom. The first-order chi connectivity index (χ1) is 6.95. The fourth-order valence-corrected chi connectivity index (χ4v) is 1.60. The molecule has 3 rings (SSSR count). The van der Waals surface area contributed by atoms with Gasteiger partial charge in [0.15, 0.2) is 5.75 Å². The summed E-state index contributed by atoms with van der Waals surface area (Å²) in [6.45, 7) is 0. The number of aromatic nitrogens is 1. The number of hydrogen-bond acceptors (Lipinski definition) is 3. The Bertz CT molecular complexity index is 523. The number of hydroxylamine groups is 1. The molecule has 1 aromatic heterocycles. The largest absolute Gasteiger partial charge is 0.381 e. The van der Waals surface area contributed by atoms with E-state index in [9.17, 15) is 0 Å². The van der Waals surface area contributed by atoms with Crippen LogP contribution >= 0.6 is 0 Å². The number of hydrogen-bond donors (Lipinski definition) is 1. The van der Waals surface area contributed by atoms with Crippen molar-refractivity contribution in [3.63, 3.8) is 0 Å². The van der Waals surface area contributed by atoms with Gasteiger partial charge in [-0.3, -0.25) is 4.98 Å². The van der Waals surface area contributed by atoms with Crippen LogP contribution in [0.15, 0.2) is 36.7 Å². The van der Waals surface area contributed by atoms with Crippen LogP contribution in [0.4, 0.5) is 0 Å². The van der Waals surface area contributed by atoms with E-state index in [4.69, 9.17) is 4.84 Å². The lowest BCUT2D eigenvalue weighted by Crippen LogP contribution is -2.14. The maximum atomic E-state index is 5.36. The van der Waals surface area contributed by atoms with E-state index >= 15 is 0 Å². The van der Waals surface area contributed by atoms with Crippen LogP contribution in [0.1, 0.15) is 5.56 Å². The highest BCUT2D eigenvalue weighted by molar-refractivity contribution is 5.89. The molecule has 0 unspecified atom stereocenters. The van der Waals surface area contributed by atoms with Crippen molar-refractivity contribution < 1.29 is 10.3 Å². The van der Waals surface area contributed by atoms with Crippen molar-refractivity contribution in [2.45, 2.75) is 0 Å². The molecule has 0 spiro atoms. The predicted octanol–water partition coefficient (Wildman–Crippen LogP) is 1.98. The van der Waals surface area contributed by atoms with Gasteiger partial charge < -0.3 is 4.84 Å². The average molecular weight is 200 g/mol. The van der Waals surface area contributed by atoms with Gasteiger partial charge in [0.25, 0.3) is 0 Å². The Labute approximate surface area is 86.5 Å². The van der Waals surface area contributed by atoms with Crippen molar-refractivity contribution in [3.8, 4) is 5.75 Å². The zero-order valence-corrected chi connectivity index (χ0v) is 7.81. The van der Waals surface area contributed by atoms with Crippen molar-refractivity contribution in [3.05, 3.63) is 42.2 Å². The molecular formula is C11H8N2O2. The average Bonchev–Trinajstić information content (AvgIpc) is 2.29. The zero-order valence-electron chi connectivity index (χ0n) is 7.81. The predicted molar refractivity (Wildman–Crippen MR) is 55.2 cm³/mol. The van der Waals surface area contributed by atoms with Crippen LogP contribution in [0, 0.1) is 0 Å². The van der Waals surface area contributed by atoms with Gasteiger partial charge in [-0.15, -0.1) is 0 Å². The van der Waals surface area contributed by atoms with Crippen LogP contribution in [0.5, 0.6) is 5.75 Å². The number of nitrogens with zero attached hydrogens (tertiary/aromatic N) is 1. The monoisotopic (exact) mass is 200 g/mol. The molecule has 2 radical (unpaired) electrons. The van der Waals surface area contributed by atoms with E-state index in [1.165, 1.54) is 0 Å². The van der Waals surface area contributed by atoms with Gasteiger partial charge in [-0.2, -0.15) is 0 Å². The molecule has 1 aromatic carbocycles. The van der Waals surface area contributed by atoms with Gasteiger partial charge in [-0.1, -0.05) is 0 Å². The second-order valence-electron chi connectivity index (χ2n) is 3.11. The summed E-state index contributed by atoms with van der Waals surface area (Å²) in [4.78, 5) is 9.62. The molecule has 74 valence electrons. The molecule has 1 N–H and O–H groups in total. The molecule has 0 fully saturated rings. The van der Waals surface area contributed by atoms with Gasteiger partial charge in [-0.05, 0) is 30.3 Å². The first kappa shape index (κ1) is 9.48. The normalized spacial score (nSPS) is 12.3. The second-order valence-corrected chi connectivity index (χ2v) is 3.11. The first-order valence-corrected chi connectivity index (χ1v) is 4.42. The summed E-state index contributed by atoms with van der Waals surface area (Å²) in [5.41, 5.74) is 4.75. The number of benzene rings is 1. The van der Waals surface area contributed by atoms with Gasteiger partial charge in [0.1, 0.15) is 0 Å². The molecule has 1 aliphatic heterocycles. The molecule has 2 aromatic rings. The Hall–Kier alpha value is -2.07. The first-order valence-electron chi connectivity index (χ1n) is 4.42. The van der Waals surface area contributed by atoms with E-state index in [-0.39, 0.29) is 5.48 Å². The van der Waals surface area contributed by atoms with Gasteiger partial charge in [0, 0.05) is 28.8 Å². The Morgan fingerprint density at radius 1 is 1.20 bits per heavy atom. The SMILES string of the molecule is C1=Cc2ccc3ncccc3c2ON1.[O]. The number of pyridine rings is 1. The van der Waals surface area contributed by atoms with Gasteiger partial charge in [0.05, 0.1) is 5.52 Å². The quantitative estimate of drug-likeness (QED) is 0.707. The van der Waals surface area contributed by atoms with Crippen LogP contribution in [-0.4, -0.2) is 4.98 Å². The second kappa shape index (κ2) is 3.59. The summed E-state index contributed by atoms with van der Waals surface area (Å²) in [5, 5.41) is 1.03. The lowest BCUT2D eigenvalue weighted by atomic mass is 10.1. The van der Waals surface area contributed by atoms with Crippen molar-refractivity contribution in [2.24, 2.45) is 0 Å². The fraction of sp³-hybridized carbons (Fsp3) is 0. The van der Waals surface area contributed by atoms with Gasteiger partial charge >= 0.3 is 0 Å². The minimum atomic E-state index is 0. The Balaban J connectivity index is 0.000000853. The lowest BCUT2D eigenvalue weighted by molar-refractivity contribution is 0.242. The van der Waals surface area contributed by atoms with Crippen LogP contribution in [0.2, 0.25) is 0 Å². The molecule has 0 bridgehead atoms. The number of rotatable bonds is 0. The van der Waals surface area contributed by atoms with Crippen LogP contribution in [0.3, 0.4) is 0 Å². The van der Waals surface area contributed by atoms with Crippen molar-refractivity contribution in [2.75, 3.05) is 0 Å². The maximum absolute atomic E-state index is 5.36. The minimum absolute atomic E-state index is 0. The molecule has 2 heterocycles. The third-order valence-electron chi connectivity index (χ3n) is 2.26. The smallest absolute Gasteiger partial charge is 0.171 e. The zero-order chi connectivity index (χ0) is 9.38. The van der Waals surface area contributed by atoms with E-state index < -0.39 is 0 Å². The van der Waals surface area contributed by atoms with Crippen molar-refractivity contribution in [1.82, 2.24) is 10.5 Å². The van der Waals surface area contributed by atoms with Crippen molar-refractivity contribution >= 4 is 17.0 Å². The van der Waals surface area contributed by atoms with E-state index in [0.29, 0.717) is 0 Å². The highest BCUT2D eigenvalue weighted by Gasteiger charge is 2.09. The lowest BCUT2D eigenvalue weighted by Gasteiger charge is -2.14. The summed E-state index contributed by atoms with van der Waals surface area (Å²) in [6.07, 6.45) is 5.52. The fourth-order valence-electron chi connectivity index (χ4n) is 1.60. The standard InChI is InChI=1S/C11H8N2O.O/c1-2-9-10(12-6-1)4-3-8-5-7-13-14-11(8)9;/h1-7,13H;. The van der Waals surface area contributed by atoms with Crippen LogP contribution in [0.25, 0.3) is 17.0 Å². The summed E-state index contributed by atoms with van der Waals surface area (Å²) < 4.78 is 0. The highest BCUT2D eigenvalue weighted by atomic mass is 16.6. The summed E-state index contributed by atoms with van der Waals surface area (Å²) in [5.74, 6) is 0.845. The molecule has 4 nitrogen and oxygen atoms in total. The molecule has 0 saturated heterocycles. The van der Waals surface area contributed by atoms with Crippen molar-refractivity contribution in [1.29, 1.82) is 0 Å². The summed E-state index contributed by atoms with van der Waals surface area (Å²) in [7, 11) is 0. The molecule has 0 atom stereocenters. The topological polar surface area (TPSA) is 62.6 Å². The molecule has 0 aliphatic carbocycles. The Kier molecular flexibility index (Phi) is 2.27. The maximum Gasteiger partial charge on any atom is 0.171 e. The summed E-state index contributed by atoms with van der Waals surface area (Å²) in [6, 6.07) is 7.90. The van der Waals surface area contributed by atoms with E-state index in [1.54, 1.807) is 12.4 Å². The van der Waals surface area contributed by atoms with E-state index in [0.717, 1.165) is 22.2 Å². The van der Waals surface area contributed by atoms with E-state index in [2.05, 4.69) is 10.5 Å². The molecule has 0 amide bonds. The number of nitrogens with one attached hydrogen (secondary N) is 1. The van der Waals surface area contributed by atoms with Gasteiger partial charge in [-0.25, -0.2) is 5.48 Å². The molecular weight excluding hydrogens is 192 g/mol. The minimum Gasteiger partial charge on any atom is -0.381 e. The highest BCUT2D eigenvalue weighted by Crippen LogP contribution is 2.30. The molecule has 1 aliphatic rings. The molecule has 4 heteroatoms. The van der Waals surface area contributed by atoms with Crippen LogP contribution in [-0.2, 0) is 5.48 Å². The molecule has 15 heavy (non-hydrogen) atoms. The summed E-state index contributed by atoms with van der Waals surface area (Å²) >= 11 is 0. The molecule has 0 saturated carbocycles. The van der Waals surface area contributed by atoms with E-state index in [1.807, 2.05) is 30.3 Å². The Morgan fingerprint density at radius 2 is 2.13 bits per heavy atom.